The summed E-state index contributed by atoms with van der Waals surface area (Å²) in [6.07, 6.45) is -0.0505. The summed E-state index contributed by atoms with van der Waals surface area (Å²) in [5.74, 6) is 0.324. The average Bonchev–Trinajstić information content (AvgIpc) is 3.10. The van der Waals surface area contributed by atoms with E-state index in [1.54, 1.807) is 25.3 Å². The summed E-state index contributed by atoms with van der Waals surface area (Å²) >= 11 is 0. The number of nitrogens with zero attached hydrogens (tertiary/aromatic N) is 2. The predicted molar refractivity (Wildman–Crippen MR) is 118 cm³/mol. The Morgan fingerprint density at radius 1 is 1.06 bits per heavy atom. The Morgan fingerprint density at radius 3 is 2.32 bits per heavy atom. The summed E-state index contributed by atoms with van der Waals surface area (Å²) in [5, 5.41) is 0. The maximum atomic E-state index is 14.8. The van der Waals surface area contributed by atoms with Gasteiger partial charge in [-0.3, -0.25) is 4.79 Å². The van der Waals surface area contributed by atoms with E-state index < -0.39 is 0 Å². The van der Waals surface area contributed by atoms with E-state index in [0.717, 1.165) is 17.0 Å². The van der Waals surface area contributed by atoms with Crippen LogP contribution in [0.15, 0.2) is 54.6 Å². The molecule has 1 saturated heterocycles. The first-order valence-electron chi connectivity index (χ1n) is 10.5. The van der Waals surface area contributed by atoms with Crippen LogP contribution in [0.1, 0.15) is 29.9 Å². The smallest absolute Gasteiger partial charge is 0.255 e. The normalized spacial score (nSPS) is 18.8. The second kappa shape index (κ2) is 8.55. The summed E-state index contributed by atoms with van der Waals surface area (Å²) in [6, 6.07) is 16.0. The summed E-state index contributed by atoms with van der Waals surface area (Å²) in [5.41, 5.74) is 3.30. The summed E-state index contributed by atoms with van der Waals surface area (Å²) in [6.45, 7) is 6.86. The van der Waals surface area contributed by atoms with Crippen molar-refractivity contribution in [3.63, 3.8) is 0 Å². The first-order chi connectivity index (χ1) is 14.9. The van der Waals surface area contributed by atoms with E-state index in [1.165, 1.54) is 6.07 Å². The molecule has 1 aromatic heterocycles. The molecular formula is C25H27FN2O3. The average molecular weight is 423 g/mol. The van der Waals surface area contributed by atoms with Crippen molar-refractivity contribution < 1.29 is 18.7 Å². The van der Waals surface area contributed by atoms with E-state index in [2.05, 4.69) is 0 Å². The highest BCUT2D eigenvalue weighted by Crippen LogP contribution is 2.32. The minimum atomic E-state index is -0.344. The monoisotopic (exact) mass is 422 g/mol. The Labute approximate surface area is 182 Å². The van der Waals surface area contributed by atoms with Crippen molar-refractivity contribution in [3.05, 3.63) is 71.7 Å². The number of morpholine rings is 1. The van der Waals surface area contributed by atoms with E-state index in [-0.39, 0.29) is 23.9 Å². The van der Waals surface area contributed by atoms with Crippen LogP contribution in [0.5, 0.6) is 5.75 Å². The van der Waals surface area contributed by atoms with Crippen LogP contribution in [0.2, 0.25) is 0 Å². The number of rotatable bonds is 4. The number of benzene rings is 2. The first kappa shape index (κ1) is 21.1. The van der Waals surface area contributed by atoms with Crippen LogP contribution < -0.4 is 4.74 Å². The Morgan fingerprint density at radius 2 is 1.71 bits per heavy atom. The van der Waals surface area contributed by atoms with Crippen LogP contribution >= 0.6 is 0 Å². The number of methoxy groups -OCH3 is 1. The summed E-state index contributed by atoms with van der Waals surface area (Å²) in [4.78, 5) is 15.3. The Bertz CT molecular complexity index is 1080. The first-order valence-corrected chi connectivity index (χ1v) is 10.5. The molecule has 1 fully saturated rings. The molecule has 162 valence electrons. The molecule has 0 unspecified atom stereocenters. The van der Waals surface area contributed by atoms with Crippen LogP contribution in [-0.2, 0) is 4.74 Å². The molecule has 6 heteroatoms. The number of amides is 1. The summed E-state index contributed by atoms with van der Waals surface area (Å²) in [7, 11) is 1.61. The van der Waals surface area contributed by atoms with Gasteiger partial charge >= 0.3 is 0 Å². The van der Waals surface area contributed by atoms with Crippen molar-refractivity contribution in [2.75, 3.05) is 20.2 Å². The van der Waals surface area contributed by atoms with Gasteiger partial charge in [0.1, 0.15) is 11.6 Å². The maximum absolute atomic E-state index is 14.8. The molecule has 0 saturated carbocycles. The standard InChI is InChI=1S/C25H27FN2O3/c1-16-14-27(15-17(2)31-16)25(29)21-13-24(19-9-11-20(30-4)12-10-19)28(18(21)3)23-8-6-5-7-22(23)26/h5-13,16-17H,14-15H2,1-4H3/t16-,17+. The van der Waals surface area contributed by atoms with Gasteiger partial charge in [0.05, 0.1) is 36.3 Å². The fourth-order valence-corrected chi connectivity index (χ4v) is 4.26. The van der Waals surface area contributed by atoms with E-state index in [4.69, 9.17) is 9.47 Å². The van der Waals surface area contributed by atoms with Gasteiger partial charge < -0.3 is 18.9 Å². The van der Waals surface area contributed by atoms with E-state index in [0.29, 0.717) is 30.0 Å². The highest BCUT2D eigenvalue weighted by Gasteiger charge is 2.30. The third-order valence-electron chi connectivity index (χ3n) is 5.66. The number of para-hydroxylation sites is 1. The largest absolute Gasteiger partial charge is 0.497 e. The molecule has 1 amide bonds. The van der Waals surface area contributed by atoms with E-state index in [9.17, 15) is 9.18 Å². The Kier molecular flexibility index (Phi) is 5.83. The lowest BCUT2D eigenvalue weighted by molar-refractivity contribution is -0.0586. The molecule has 0 aliphatic carbocycles. The quantitative estimate of drug-likeness (QED) is 0.604. The molecular weight excluding hydrogens is 395 g/mol. The zero-order chi connectivity index (χ0) is 22.1. The third kappa shape index (κ3) is 4.08. The molecule has 1 aliphatic heterocycles. The highest BCUT2D eigenvalue weighted by molar-refractivity contribution is 5.97. The zero-order valence-electron chi connectivity index (χ0n) is 18.3. The molecule has 2 atom stereocenters. The second-order valence-corrected chi connectivity index (χ2v) is 8.01. The summed E-state index contributed by atoms with van der Waals surface area (Å²) < 4.78 is 27.6. The van der Waals surface area contributed by atoms with Crippen molar-refractivity contribution in [3.8, 4) is 22.7 Å². The van der Waals surface area contributed by atoms with Gasteiger partial charge in [0.15, 0.2) is 0 Å². The minimum Gasteiger partial charge on any atom is -0.497 e. The maximum Gasteiger partial charge on any atom is 0.255 e. The van der Waals surface area contributed by atoms with Crippen molar-refractivity contribution in [2.45, 2.75) is 33.0 Å². The van der Waals surface area contributed by atoms with Crippen molar-refractivity contribution in [1.29, 1.82) is 0 Å². The van der Waals surface area contributed by atoms with Gasteiger partial charge in [0.25, 0.3) is 5.91 Å². The lowest BCUT2D eigenvalue weighted by atomic mass is 10.1. The number of carbonyl (C=O) groups is 1. The number of carbonyl (C=O) groups excluding carboxylic acids is 1. The number of hydrogen-bond acceptors (Lipinski definition) is 3. The fraction of sp³-hybridized carbons (Fsp3) is 0.320. The van der Waals surface area contributed by atoms with Crippen molar-refractivity contribution in [2.24, 2.45) is 0 Å². The van der Waals surface area contributed by atoms with Crippen LogP contribution in [0.4, 0.5) is 4.39 Å². The number of ether oxygens (including phenoxy) is 2. The number of aromatic nitrogens is 1. The van der Waals surface area contributed by atoms with Crippen LogP contribution in [-0.4, -0.2) is 47.8 Å². The van der Waals surface area contributed by atoms with Gasteiger partial charge in [0, 0.05) is 18.8 Å². The van der Waals surface area contributed by atoms with E-state index >= 15 is 0 Å². The molecule has 0 bridgehead atoms. The molecule has 4 rings (SSSR count). The number of hydrogen-bond donors (Lipinski definition) is 0. The lowest BCUT2D eigenvalue weighted by Gasteiger charge is -2.35. The van der Waals surface area contributed by atoms with Crippen molar-refractivity contribution >= 4 is 5.91 Å². The van der Waals surface area contributed by atoms with Crippen molar-refractivity contribution in [1.82, 2.24) is 9.47 Å². The predicted octanol–water partition coefficient (Wildman–Crippen LogP) is 4.85. The van der Waals surface area contributed by atoms with Gasteiger partial charge in [-0.05, 0) is 68.8 Å². The molecule has 3 aromatic rings. The molecule has 2 heterocycles. The Balaban J connectivity index is 1.84. The van der Waals surface area contributed by atoms with E-state index in [1.807, 2.05) is 60.6 Å². The lowest BCUT2D eigenvalue weighted by Crippen LogP contribution is -2.48. The van der Waals surface area contributed by atoms with Crippen LogP contribution in [0.25, 0.3) is 16.9 Å². The second-order valence-electron chi connectivity index (χ2n) is 8.01. The van der Waals surface area contributed by atoms with Crippen LogP contribution in [0.3, 0.4) is 0 Å². The molecule has 31 heavy (non-hydrogen) atoms. The van der Waals surface area contributed by atoms with Gasteiger partial charge in [-0.2, -0.15) is 0 Å². The van der Waals surface area contributed by atoms with Gasteiger partial charge in [-0.1, -0.05) is 12.1 Å². The molecule has 5 nitrogen and oxygen atoms in total. The van der Waals surface area contributed by atoms with Crippen LogP contribution in [0, 0.1) is 12.7 Å². The third-order valence-corrected chi connectivity index (χ3v) is 5.66. The topological polar surface area (TPSA) is 43.7 Å². The SMILES string of the molecule is COc1ccc(-c2cc(C(=O)N3C[C@@H](C)O[C@@H](C)C3)c(C)n2-c2ccccc2F)cc1. The highest BCUT2D eigenvalue weighted by atomic mass is 19.1. The molecule has 0 spiro atoms. The molecule has 0 N–H and O–H groups in total. The number of halogens is 1. The molecule has 2 aromatic carbocycles. The van der Waals surface area contributed by atoms with Gasteiger partial charge in [0.2, 0.25) is 0 Å². The van der Waals surface area contributed by atoms with Gasteiger partial charge in [-0.25, -0.2) is 4.39 Å². The Hall–Kier alpha value is -3.12. The molecule has 0 radical (unpaired) electrons. The fourth-order valence-electron chi connectivity index (χ4n) is 4.26. The van der Waals surface area contributed by atoms with Gasteiger partial charge in [-0.15, -0.1) is 0 Å². The zero-order valence-corrected chi connectivity index (χ0v) is 18.3. The molecule has 1 aliphatic rings. The minimum absolute atomic E-state index is 0.0253.